The second-order valence-electron chi connectivity index (χ2n) is 4.39. The van der Waals surface area contributed by atoms with Crippen LogP contribution >= 0.6 is 0 Å². The average molecular weight is 302 g/mol. The zero-order chi connectivity index (χ0) is 15.6. The van der Waals surface area contributed by atoms with Crippen molar-refractivity contribution in [3.05, 3.63) is 65.0 Å². The number of nitrogens with one attached hydrogen (secondary N) is 1. The summed E-state index contributed by atoms with van der Waals surface area (Å²) in [7, 11) is 1.40. The number of hydrogen-bond acceptors (Lipinski definition) is 2. The van der Waals surface area contributed by atoms with Crippen LogP contribution < -0.4 is 5.32 Å². The van der Waals surface area contributed by atoms with E-state index in [4.69, 9.17) is 0 Å². The van der Waals surface area contributed by atoms with Crippen LogP contribution in [0, 0.1) is 11.6 Å². The first-order valence-electron chi connectivity index (χ1n) is 5.97. The molecule has 1 unspecified atom stereocenters. The molecule has 0 radical (unpaired) electrons. The van der Waals surface area contributed by atoms with Crippen molar-refractivity contribution in [2.24, 2.45) is 0 Å². The van der Waals surface area contributed by atoms with E-state index >= 15 is 0 Å². The van der Waals surface area contributed by atoms with E-state index in [2.05, 4.69) is 10.3 Å². The van der Waals surface area contributed by atoms with Crippen LogP contribution in [-0.2, 0) is 6.18 Å². The second-order valence-corrected chi connectivity index (χ2v) is 4.39. The lowest BCUT2D eigenvalue weighted by molar-refractivity contribution is -0.138. The highest BCUT2D eigenvalue weighted by Gasteiger charge is 2.35. The topological polar surface area (TPSA) is 24.9 Å². The summed E-state index contributed by atoms with van der Waals surface area (Å²) in [5, 5.41) is 2.63. The number of aromatic nitrogens is 1. The fourth-order valence-corrected chi connectivity index (χ4v) is 2.12. The van der Waals surface area contributed by atoms with Gasteiger partial charge in [-0.25, -0.2) is 8.78 Å². The lowest BCUT2D eigenvalue weighted by atomic mass is 9.95. The predicted octanol–water partition coefficient (Wildman–Crippen LogP) is 3.69. The highest BCUT2D eigenvalue weighted by atomic mass is 19.4. The van der Waals surface area contributed by atoms with Gasteiger partial charge >= 0.3 is 6.18 Å². The van der Waals surface area contributed by atoms with Gasteiger partial charge in [0, 0.05) is 6.20 Å². The third-order valence-electron chi connectivity index (χ3n) is 2.98. The van der Waals surface area contributed by atoms with Crippen LogP contribution in [-0.4, -0.2) is 12.0 Å². The van der Waals surface area contributed by atoms with Gasteiger partial charge in [0.1, 0.15) is 11.6 Å². The SMILES string of the molecule is CNC(c1cncc(F)c1)c1cc(F)ccc1C(F)(F)F. The molecular formula is C14H11F5N2. The summed E-state index contributed by atoms with van der Waals surface area (Å²) < 4.78 is 65.6. The molecule has 0 fully saturated rings. The van der Waals surface area contributed by atoms with Crippen molar-refractivity contribution in [2.75, 3.05) is 7.05 Å². The van der Waals surface area contributed by atoms with Gasteiger partial charge < -0.3 is 5.32 Å². The molecule has 2 rings (SSSR count). The molecule has 0 aliphatic rings. The van der Waals surface area contributed by atoms with Gasteiger partial charge in [-0.15, -0.1) is 0 Å². The molecule has 1 aromatic heterocycles. The van der Waals surface area contributed by atoms with Gasteiger partial charge in [-0.3, -0.25) is 4.98 Å². The van der Waals surface area contributed by atoms with Crippen LogP contribution in [0.2, 0.25) is 0 Å². The molecule has 1 atom stereocenters. The third kappa shape index (κ3) is 3.36. The van der Waals surface area contributed by atoms with E-state index in [1.807, 2.05) is 0 Å². The van der Waals surface area contributed by atoms with Crippen LogP contribution in [0.25, 0.3) is 0 Å². The van der Waals surface area contributed by atoms with Gasteiger partial charge in [0.25, 0.3) is 0 Å². The van der Waals surface area contributed by atoms with Gasteiger partial charge in [-0.2, -0.15) is 13.2 Å². The number of hydrogen-bond donors (Lipinski definition) is 1. The molecular weight excluding hydrogens is 291 g/mol. The van der Waals surface area contributed by atoms with Gasteiger partial charge in [0.2, 0.25) is 0 Å². The molecule has 2 nitrogen and oxygen atoms in total. The Hall–Kier alpha value is -2.02. The summed E-state index contributed by atoms with van der Waals surface area (Å²) in [6, 6.07) is 2.22. The number of halogens is 5. The largest absolute Gasteiger partial charge is 0.416 e. The Labute approximate surface area is 117 Å². The van der Waals surface area contributed by atoms with Crippen LogP contribution in [0.4, 0.5) is 22.0 Å². The van der Waals surface area contributed by atoms with E-state index in [9.17, 15) is 22.0 Å². The summed E-state index contributed by atoms with van der Waals surface area (Å²) in [5.74, 6) is -1.49. The maximum atomic E-state index is 13.3. The Balaban J connectivity index is 2.59. The van der Waals surface area contributed by atoms with Gasteiger partial charge in [-0.1, -0.05) is 0 Å². The Morgan fingerprint density at radius 3 is 2.33 bits per heavy atom. The normalized spacial score (nSPS) is 13.2. The van der Waals surface area contributed by atoms with E-state index < -0.39 is 29.4 Å². The van der Waals surface area contributed by atoms with Crippen molar-refractivity contribution in [3.63, 3.8) is 0 Å². The standard InChI is InChI=1S/C14H11F5N2/c1-20-13(8-4-10(16)7-21-6-8)11-5-9(15)2-3-12(11)14(17,18)19/h2-7,13,20H,1H3. The molecule has 1 aromatic carbocycles. The zero-order valence-corrected chi connectivity index (χ0v) is 10.9. The van der Waals surface area contributed by atoms with Crippen molar-refractivity contribution < 1.29 is 22.0 Å². The minimum absolute atomic E-state index is 0.175. The smallest absolute Gasteiger partial charge is 0.309 e. The van der Waals surface area contributed by atoms with E-state index in [-0.39, 0.29) is 11.1 Å². The van der Waals surface area contributed by atoms with Crippen LogP contribution in [0.3, 0.4) is 0 Å². The Kier molecular flexibility index (Phi) is 4.22. The summed E-state index contributed by atoms with van der Waals surface area (Å²) in [5.41, 5.74) is -1.13. The van der Waals surface area contributed by atoms with E-state index in [0.29, 0.717) is 6.07 Å². The van der Waals surface area contributed by atoms with Gasteiger partial charge in [0.05, 0.1) is 17.8 Å². The zero-order valence-electron chi connectivity index (χ0n) is 10.9. The second kappa shape index (κ2) is 5.77. The Morgan fingerprint density at radius 2 is 1.76 bits per heavy atom. The quantitative estimate of drug-likeness (QED) is 0.875. The van der Waals surface area contributed by atoms with Crippen molar-refractivity contribution in [1.82, 2.24) is 10.3 Å². The van der Waals surface area contributed by atoms with Crippen molar-refractivity contribution >= 4 is 0 Å². The summed E-state index contributed by atoms with van der Waals surface area (Å²) in [4.78, 5) is 3.60. The first-order chi connectivity index (χ1) is 9.82. The molecule has 1 N–H and O–H groups in total. The molecule has 0 saturated carbocycles. The first kappa shape index (κ1) is 15.4. The molecule has 0 saturated heterocycles. The maximum Gasteiger partial charge on any atom is 0.416 e. The highest BCUT2D eigenvalue weighted by molar-refractivity contribution is 5.38. The van der Waals surface area contributed by atoms with Crippen molar-refractivity contribution in [2.45, 2.75) is 12.2 Å². The molecule has 21 heavy (non-hydrogen) atoms. The highest BCUT2D eigenvalue weighted by Crippen LogP contribution is 2.36. The fourth-order valence-electron chi connectivity index (χ4n) is 2.12. The number of nitrogens with zero attached hydrogens (tertiary/aromatic N) is 1. The molecule has 0 aliphatic carbocycles. The minimum Gasteiger partial charge on any atom is -0.309 e. The average Bonchev–Trinajstić information content (AvgIpc) is 2.38. The molecule has 1 heterocycles. The molecule has 7 heteroatoms. The van der Waals surface area contributed by atoms with Crippen molar-refractivity contribution in [1.29, 1.82) is 0 Å². The van der Waals surface area contributed by atoms with Crippen LogP contribution in [0.15, 0.2) is 36.7 Å². The van der Waals surface area contributed by atoms with Gasteiger partial charge in [0.15, 0.2) is 0 Å². The minimum atomic E-state index is -4.64. The lowest BCUT2D eigenvalue weighted by Crippen LogP contribution is -2.22. The Morgan fingerprint density at radius 1 is 1.05 bits per heavy atom. The molecule has 0 bridgehead atoms. The number of alkyl halides is 3. The summed E-state index contributed by atoms with van der Waals surface area (Å²) >= 11 is 0. The maximum absolute atomic E-state index is 13.3. The van der Waals surface area contributed by atoms with Crippen LogP contribution in [0.1, 0.15) is 22.7 Å². The predicted molar refractivity (Wildman–Crippen MR) is 66.5 cm³/mol. The number of rotatable bonds is 3. The molecule has 0 aliphatic heterocycles. The summed E-state index contributed by atoms with van der Waals surface area (Å²) in [6.45, 7) is 0. The number of benzene rings is 1. The number of pyridine rings is 1. The molecule has 0 amide bonds. The van der Waals surface area contributed by atoms with Gasteiger partial charge in [-0.05, 0) is 42.4 Å². The molecule has 112 valence electrons. The summed E-state index contributed by atoms with van der Waals surface area (Å²) in [6.07, 6.45) is -2.47. The van der Waals surface area contributed by atoms with E-state index in [1.54, 1.807) is 0 Å². The fraction of sp³-hybridized carbons (Fsp3) is 0.214. The molecule has 2 aromatic rings. The Bertz CT molecular complexity index is 640. The lowest BCUT2D eigenvalue weighted by Gasteiger charge is -2.21. The van der Waals surface area contributed by atoms with Crippen LogP contribution in [0.5, 0.6) is 0 Å². The first-order valence-corrected chi connectivity index (χ1v) is 5.97. The monoisotopic (exact) mass is 302 g/mol. The molecule has 0 spiro atoms. The van der Waals surface area contributed by atoms with Crippen molar-refractivity contribution in [3.8, 4) is 0 Å². The van der Waals surface area contributed by atoms with E-state index in [1.165, 1.54) is 13.2 Å². The third-order valence-corrected chi connectivity index (χ3v) is 2.98. The van der Waals surface area contributed by atoms with E-state index in [0.717, 1.165) is 24.4 Å².